The maximum atomic E-state index is 5.47. The summed E-state index contributed by atoms with van der Waals surface area (Å²) in [4.78, 5) is 2.59. The van der Waals surface area contributed by atoms with Crippen molar-refractivity contribution in [3.05, 3.63) is 12.2 Å². The molecular weight excluding hydrogens is 172 g/mol. The first kappa shape index (κ1) is 11.7. The molecule has 0 bridgehead atoms. The summed E-state index contributed by atoms with van der Waals surface area (Å²) in [5.41, 5.74) is 5.47. The van der Waals surface area contributed by atoms with Crippen LogP contribution in [0, 0.1) is 0 Å². The van der Waals surface area contributed by atoms with Crippen LogP contribution in [0.25, 0.3) is 0 Å². The van der Waals surface area contributed by atoms with Crippen LogP contribution in [0.2, 0.25) is 0 Å². The Hall–Kier alpha value is -0.340. The van der Waals surface area contributed by atoms with E-state index in [1.807, 2.05) is 0 Å². The summed E-state index contributed by atoms with van der Waals surface area (Å²) in [7, 11) is 0. The summed E-state index contributed by atoms with van der Waals surface area (Å²) < 4.78 is 0. The number of nitrogens with two attached hydrogens (primary N) is 1. The van der Waals surface area contributed by atoms with Crippen LogP contribution < -0.4 is 5.73 Å². The van der Waals surface area contributed by atoms with E-state index in [2.05, 4.69) is 30.9 Å². The smallest absolute Gasteiger partial charge is 0.0280 e. The Bertz CT molecular complexity index is 175. The highest BCUT2D eigenvalue weighted by atomic mass is 15.2. The minimum absolute atomic E-state index is 0.662. The molecule has 0 aromatic heterocycles. The predicted molar refractivity (Wildman–Crippen MR) is 62.3 cm³/mol. The van der Waals surface area contributed by atoms with Crippen molar-refractivity contribution in [3.8, 4) is 0 Å². The van der Waals surface area contributed by atoms with E-state index in [4.69, 9.17) is 5.73 Å². The summed E-state index contributed by atoms with van der Waals surface area (Å²) in [6, 6.07) is 1.33. The normalized spacial score (nSPS) is 25.0. The SMILES string of the molecule is CC(C)N1CCCCC1/C=C\CCN. The van der Waals surface area contributed by atoms with Crippen LogP contribution in [0.3, 0.4) is 0 Å². The average Bonchev–Trinajstić information content (AvgIpc) is 2.19. The largest absolute Gasteiger partial charge is 0.330 e. The Labute approximate surface area is 88.2 Å². The van der Waals surface area contributed by atoms with Crippen molar-refractivity contribution in [1.29, 1.82) is 0 Å². The third-order valence-electron chi connectivity index (χ3n) is 2.95. The van der Waals surface area contributed by atoms with Gasteiger partial charge in [-0.1, -0.05) is 18.6 Å². The third kappa shape index (κ3) is 3.43. The lowest BCUT2D eigenvalue weighted by Gasteiger charge is -2.37. The summed E-state index contributed by atoms with van der Waals surface area (Å²) >= 11 is 0. The topological polar surface area (TPSA) is 29.3 Å². The van der Waals surface area contributed by atoms with Crippen LogP contribution in [0.4, 0.5) is 0 Å². The fraction of sp³-hybridized carbons (Fsp3) is 0.833. The van der Waals surface area contributed by atoms with Gasteiger partial charge >= 0.3 is 0 Å². The van der Waals surface area contributed by atoms with Gasteiger partial charge in [-0.2, -0.15) is 0 Å². The van der Waals surface area contributed by atoms with Crippen molar-refractivity contribution in [2.75, 3.05) is 13.1 Å². The summed E-state index contributed by atoms with van der Waals surface area (Å²) in [5, 5.41) is 0. The lowest BCUT2D eigenvalue weighted by molar-refractivity contribution is 0.140. The zero-order valence-electron chi connectivity index (χ0n) is 9.58. The molecule has 1 fully saturated rings. The average molecular weight is 196 g/mol. The van der Waals surface area contributed by atoms with Gasteiger partial charge in [-0.25, -0.2) is 0 Å². The summed E-state index contributed by atoms with van der Waals surface area (Å²) in [6.07, 6.45) is 9.67. The van der Waals surface area contributed by atoms with Gasteiger partial charge in [-0.3, -0.25) is 4.90 Å². The van der Waals surface area contributed by atoms with Gasteiger partial charge in [0.25, 0.3) is 0 Å². The Morgan fingerprint density at radius 2 is 2.21 bits per heavy atom. The fourth-order valence-corrected chi connectivity index (χ4v) is 2.18. The highest BCUT2D eigenvalue weighted by Gasteiger charge is 2.21. The molecule has 1 saturated heterocycles. The minimum Gasteiger partial charge on any atom is -0.330 e. The van der Waals surface area contributed by atoms with Gasteiger partial charge in [0.15, 0.2) is 0 Å². The number of likely N-dealkylation sites (tertiary alicyclic amines) is 1. The molecule has 0 aliphatic carbocycles. The molecule has 1 heterocycles. The van der Waals surface area contributed by atoms with Gasteiger partial charge in [0.1, 0.15) is 0 Å². The van der Waals surface area contributed by atoms with Gasteiger partial charge in [-0.15, -0.1) is 0 Å². The molecule has 0 saturated carbocycles. The molecule has 0 aromatic carbocycles. The molecule has 2 nitrogen and oxygen atoms in total. The number of piperidine rings is 1. The molecule has 1 aliphatic rings. The Kier molecular flexibility index (Phi) is 5.20. The van der Waals surface area contributed by atoms with Gasteiger partial charge in [0.05, 0.1) is 0 Å². The first-order valence-corrected chi connectivity index (χ1v) is 5.88. The lowest BCUT2D eigenvalue weighted by atomic mass is 10.00. The number of hydrogen-bond acceptors (Lipinski definition) is 2. The molecule has 1 atom stereocenters. The Morgan fingerprint density at radius 1 is 1.43 bits per heavy atom. The number of hydrogen-bond donors (Lipinski definition) is 1. The van der Waals surface area contributed by atoms with Gasteiger partial charge in [-0.05, 0) is 46.2 Å². The van der Waals surface area contributed by atoms with Gasteiger partial charge in [0, 0.05) is 12.1 Å². The van der Waals surface area contributed by atoms with E-state index in [0.29, 0.717) is 12.1 Å². The van der Waals surface area contributed by atoms with Crippen LogP contribution in [-0.4, -0.2) is 30.1 Å². The van der Waals surface area contributed by atoms with Crippen molar-refractivity contribution in [2.45, 2.75) is 51.6 Å². The molecule has 0 radical (unpaired) electrons. The molecule has 0 aromatic rings. The van der Waals surface area contributed by atoms with Crippen molar-refractivity contribution in [1.82, 2.24) is 4.90 Å². The van der Waals surface area contributed by atoms with E-state index in [9.17, 15) is 0 Å². The van der Waals surface area contributed by atoms with Crippen LogP contribution in [0.15, 0.2) is 12.2 Å². The van der Waals surface area contributed by atoms with Crippen molar-refractivity contribution in [2.24, 2.45) is 5.73 Å². The van der Waals surface area contributed by atoms with E-state index < -0.39 is 0 Å². The van der Waals surface area contributed by atoms with E-state index in [0.717, 1.165) is 13.0 Å². The van der Waals surface area contributed by atoms with Crippen LogP contribution in [0.5, 0.6) is 0 Å². The monoisotopic (exact) mass is 196 g/mol. The second-order valence-electron chi connectivity index (χ2n) is 4.40. The molecule has 1 aliphatic heterocycles. The highest BCUT2D eigenvalue weighted by Crippen LogP contribution is 2.20. The Morgan fingerprint density at radius 3 is 2.86 bits per heavy atom. The molecule has 14 heavy (non-hydrogen) atoms. The zero-order valence-corrected chi connectivity index (χ0v) is 9.58. The third-order valence-corrected chi connectivity index (χ3v) is 2.95. The van der Waals surface area contributed by atoms with Crippen LogP contribution in [0.1, 0.15) is 39.5 Å². The maximum absolute atomic E-state index is 5.47. The van der Waals surface area contributed by atoms with Gasteiger partial charge in [0.2, 0.25) is 0 Å². The molecule has 1 unspecified atom stereocenters. The quantitative estimate of drug-likeness (QED) is 0.698. The van der Waals surface area contributed by atoms with Gasteiger partial charge < -0.3 is 5.73 Å². The molecular formula is C12H24N2. The van der Waals surface area contributed by atoms with E-state index in [1.165, 1.54) is 25.8 Å². The molecule has 82 valence electrons. The second kappa shape index (κ2) is 6.20. The number of rotatable bonds is 4. The molecule has 2 N–H and O–H groups in total. The molecule has 2 heteroatoms. The van der Waals surface area contributed by atoms with Crippen LogP contribution >= 0.6 is 0 Å². The standard InChI is InChI=1S/C12H24N2/c1-11(2)14-10-6-4-8-12(14)7-3-5-9-13/h3,7,11-12H,4-6,8-10,13H2,1-2H3/b7-3-. The van der Waals surface area contributed by atoms with E-state index >= 15 is 0 Å². The lowest BCUT2D eigenvalue weighted by Crippen LogP contribution is -2.42. The first-order valence-electron chi connectivity index (χ1n) is 5.88. The van der Waals surface area contributed by atoms with Crippen molar-refractivity contribution < 1.29 is 0 Å². The first-order chi connectivity index (χ1) is 6.75. The fourth-order valence-electron chi connectivity index (χ4n) is 2.18. The minimum atomic E-state index is 0.662. The highest BCUT2D eigenvalue weighted by molar-refractivity contribution is 4.97. The van der Waals surface area contributed by atoms with E-state index in [-0.39, 0.29) is 0 Å². The Balaban J connectivity index is 2.45. The zero-order chi connectivity index (χ0) is 10.4. The molecule has 0 spiro atoms. The molecule has 0 amide bonds. The summed E-state index contributed by atoms with van der Waals surface area (Å²) in [6.45, 7) is 6.60. The maximum Gasteiger partial charge on any atom is 0.0280 e. The van der Waals surface area contributed by atoms with E-state index in [1.54, 1.807) is 0 Å². The predicted octanol–water partition coefficient (Wildman–Crippen LogP) is 2.15. The van der Waals surface area contributed by atoms with Crippen LogP contribution in [-0.2, 0) is 0 Å². The van der Waals surface area contributed by atoms with Crippen molar-refractivity contribution in [3.63, 3.8) is 0 Å². The summed E-state index contributed by atoms with van der Waals surface area (Å²) in [5.74, 6) is 0. The number of nitrogens with zero attached hydrogens (tertiary/aromatic N) is 1. The van der Waals surface area contributed by atoms with Crippen molar-refractivity contribution >= 4 is 0 Å². The molecule has 1 rings (SSSR count). The second-order valence-corrected chi connectivity index (χ2v) is 4.40.